The van der Waals surface area contributed by atoms with Gasteiger partial charge in [-0.1, -0.05) is 12.1 Å². The van der Waals surface area contributed by atoms with Crippen LogP contribution in [-0.2, 0) is 6.61 Å². The Labute approximate surface area is 104 Å². The van der Waals surface area contributed by atoms with E-state index in [4.69, 9.17) is 15.7 Å². The van der Waals surface area contributed by atoms with E-state index in [1.165, 1.54) is 0 Å². The number of aliphatic hydroxyl groups is 1. The Morgan fingerprint density at radius 2 is 2.06 bits per heavy atom. The molecule has 0 fully saturated rings. The first kappa shape index (κ1) is 12.3. The molecule has 0 aliphatic heterocycles. The molecule has 0 saturated carbocycles. The van der Waals surface area contributed by atoms with E-state index in [1.54, 1.807) is 30.5 Å². The first-order chi connectivity index (χ1) is 8.72. The van der Waals surface area contributed by atoms with Gasteiger partial charge >= 0.3 is 0 Å². The molecule has 0 bridgehead atoms. The van der Waals surface area contributed by atoms with Gasteiger partial charge in [-0.05, 0) is 24.6 Å². The van der Waals surface area contributed by atoms with Crippen LogP contribution in [0.15, 0.2) is 30.5 Å². The molecule has 6 heteroatoms. The fourth-order valence-electron chi connectivity index (χ4n) is 1.37. The minimum Gasteiger partial charge on any atom is -0.439 e. The van der Waals surface area contributed by atoms with Crippen molar-refractivity contribution in [2.24, 2.45) is 5.84 Å². The summed E-state index contributed by atoms with van der Waals surface area (Å²) in [5, 5.41) is 8.95. The van der Waals surface area contributed by atoms with Crippen LogP contribution in [-0.4, -0.2) is 15.1 Å². The topological polar surface area (TPSA) is 93.3 Å². The number of hydrogen-bond acceptors (Lipinski definition) is 6. The first-order valence-corrected chi connectivity index (χ1v) is 5.41. The predicted molar refractivity (Wildman–Crippen MR) is 67.0 cm³/mol. The SMILES string of the molecule is Cc1cnc(NN)nc1Oc1ccc(CO)cc1. The van der Waals surface area contributed by atoms with Gasteiger partial charge in [0.1, 0.15) is 5.75 Å². The Bertz CT molecular complexity index is 528. The molecule has 1 aromatic carbocycles. The van der Waals surface area contributed by atoms with Gasteiger partial charge in [-0.15, -0.1) is 0 Å². The summed E-state index contributed by atoms with van der Waals surface area (Å²) in [5.41, 5.74) is 3.99. The number of benzene rings is 1. The Hall–Kier alpha value is -2.18. The Morgan fingerprint density at radius 3 is 2.67 bits per heavy atom. The van der Waals surface area contributed by atoms with Crippen molar-refractivity contribution in [2.75, 3.05) is 5.43 Å². The number of anilines is 1. The molecule has 0 spiro atoms. The summed E-state index contributed by atoms with van der Waals surface area (Å²) in [6.07, 6.45) is 1.62. The molecule has 1 aromatic heterocycles. The van der Waals surface area contributed by atoms with Gasteiger partial charge < -0.3 is 9.84 Å². The summed E-state index contributed by atoms with van der Waals surface area (Å²) in [4.78, 5) is 8.08. The molecule has 0 aliphatic carbocycles. The summed E-state index contributed by atoms with van der Waals surface area (Å²) in [7, 11) is 0. The van der Waals surface area contributed by atoms with Crippen molar-refractivity contribution in [1.82, 2.24) is 9.97 Å². The van der Waals surface area contributed by atoms with E-state index < -0.39 is 0 Å². The maximum Gasteiger partial charge on any atom is 0.240 e. The summed E-state index contributed by atoms with van der Waals surface area (Å²) >= 11 is 0. The number of nitrogens with zero attached hydrogens (tertiary/aromatic N) is 2. The van der Waals surface area contributed by atoms with E-state index in [9.17, 15) is 0 Å². The minimum absolute atomic E-state index is 0.00799. The maximum absolute atomic E-state index is 8.95. The molecule has 0 saturated heterocycles. The lowest BCUT2D eigenvalue weighted by molar-refractivity contribution is 0.281. The van der Waals surface area contributed by atoms with E-state index in [-0.39, 0.29) is 6.61 Å². The fraction of sp³-hybridized carbons (Fsp3) is 0.167. The highest BCUT2D eigenvalue weighted by atomic mass is 16.5. The monoisotopic (exact) mass is 246 g/mol. The van der Waals surface area contributed by atoms with Crippen molar-refractivity contribution in [1.29, 1.82) is 0 Å². The lowest BCUT2D eigenvalue weighted by atomic mass is 10.2. The van der Waals surface area contributed by atoms with Gasteiger partial charge in [0.05, 0.1) is 6.61 Å². The Balaban J connectivity index is 2.21. The van der Waals surface area contributed by atoms with Crippen LogP contribution in [0, 0.1) is 6.92 Å². The Kier molecular flexibility index (Phi) is 3.71. The molecule has 0 unspecified atom stereocenters. The van der Waals surface area contributed by atoms with Crippen molar-refractivity contribution >= 4 is 5.95 Å². The molecule has 94 valence electrons. The van der Waals surface area contributed by atoms with Gasteiger partial charge in [-0.3, -0.25) is 5.43 Å². The van der Waals surface area contributed by atoms with Crippen LogP contribution in [0.5, 0.6) is 11.6 Å². The first-order valence-electron chi connectivity index (χ1n) is 5.41. The highest BCUT2D eigenvalue weighted by Gasteiger charge is 2.05. The lowest BCUT2D eigenvalue weighted by Gasteiger charge is -2.08. The number of ether oxygens (including phenoxy) is 1. The molecular formula is C12H14N4O2. The third-order valence-corrected chi connectivity index (χ3v) is 2.37. The van der Waals surface area contributed by atoms with Crippen molar-refractivity contribution < 1.29 is 9.84 Å². The van der Waals surface area contributed by atoms with Gasteiger partial charge in [0, 0.05) is 11.8 Å². The van der Waals surface area contributed by atoms with Crippen molar-refractivity contribution in [3.63, 3.8) is 0 Å². The minimum atomic E-state index is 0.00799. The van der Waals surface area contributed by atoms with E-state index in [2.05, 4.69) is 15.4 Å². The van der Waals surface area contributed by atoms with Crippen molar-refractivity contribution in [3.8, 4) is 11.6 Å². The predicted octanol–water partition coefficient (Wildman–Crippen LogP) is 1.36. The van der Waals surface area contributed by atoms with Crippen LogP contribution in [0.2, 0.25) is 0 Å². The molecule has 0 amide bonds. The van der Waals surface area contributed by atoms with Crippen LogP contribution in [0.3, 0.4) is 0 Å². The average Bonchev–Trinajstić information content (AvgIpc) is 2.42. The van der Waals surface area contributed by atoms with Crippen LogP contribution >= 0.6 is 0 Å². The normalized spacial score (nSPS) is 10.2. The molecular weight excluding hydrogens is 232 g/mol. The molecule has 2 rings (SSSR count). The zero-order chi connectivity index (χ0) is 13.0. The average molecular weight is 246 g/mol. The van der Waals surface area contributed by atoms with Gasteiger partial charge in [0.15, 0.2) is 0 Å². The van der Waals surface area contributed by atoms with E-state index in [0.717, 1.165) is 11.1 Å². The van der Waals surface area contributed by atoms with Crippen LogP contribution in [0.4, 0.5) is 5.95 Å². The van der Waals surface area contributed by atoms with Crippen LogP contribution in [0.1, 0.15) is 11.1 Å². The number of aliphatic hydroxyl groups excluding tert-OH is 1. The van der Waals surface area contributed by atoms with Gasteiger partial charge in [0.25, 0.3) is 0 Å². The molecule has 2 aromatic rings. The maximum atomic E-state index is 8.95. The van der Waals surface area contributed by atoms with E-state index >= 15 is 0 Å². The molecule has 6 nitrogen and oxygen atoms in total. The number of rotatable bonds is 4. The number of nitrogens with one attached hydrogen (secondary N) is 1. The largest absolute Gasteiger partial charge is 0.439 e. The Morgan fingerprint density at radius 1 is 1.33 bits per heavy atom. The number of nitrogen functional groups attached to an aromatic ring is 1. The highest BCUT2D eigenvalue weighted by molar-refractivity contribution is 5.36. The molecule has 0 radical (unpaired) electrons. The number of aromatic nitrogens is 2. The third-order valence-electron chi connectivity index (χ3n) is 2.37. The lowest BCUT2D eigenvalue weighted by Crippen LogP contribution is -2.11. The second-order valence-electron chi connectivity index (χ2n) is 3.73. The second kappa shape index (κ2) is 5.44. The summed E-state index contributed by atoms with van der Waals surface area (Å²) in [6.45, 7) is 1.85. The summed E-state index contributed by atoms with van der Waals surface area (Å²) < 4.78 is 5.62. The number of nitrogens with two attached hydrogens (primary N) is 1. The smallest absolute Gasteiger partial charge is 0.240 e. The summed E-state index contributed by atoms with van der Waals surface area (Å²) in [6, 6.07) is 7.10. The standard InChI is InChI=1S/C12H14N4O2/c1-8-6-14-12(16-13)15-11(8)18-10-4-2-9(7-17)3-5-10/h2-6,17H,7,13H2,1H3,(H,14,15,16). The van der Waals surface area contributed by atoms with Crippen LogP contribution in [0.25, 0.3) is 0 Å². The number of hydrogen-bond donors (Lipinski definition) is 3. The van der Waals surface area contributed by atoms with Crippen molar-refractivity contribution in [3.05, 3.63) is 41.6 Å². The number of hydrazine groups is 1. The van der Waals surface area contributed by atoms with E-state index in [0.29, 0.717) is 17.6 Å². The molecule has 4 N–H and O–H groups in total. The fourth-order valence-corrected chi connectivity index (χ4v) is 1.37. The van der Waals surface area contributed by atoms with Gasteiger partial charge in [0.2, 0.25) is 11.8 Å². The second-order valence-corrected chi connectivity index (χ2v) is 3.73. The number of aryl methyl sites for hydroxylation is 1. The quantitative estimate of drug-likeness (QED) is 0.557. The van der Waals surface area contributed by atoms with Crippen LogP contribution < -0.4 is 16.0 Å². The van der Waals surface area contributed by atoms with E-state index in [1.807, 2.05) is 6.92 Å². The third kappa shape index (κ3) is 2.73. The molecule has 18 heavy (non-hydrogen) atoms. The summed E-state index contributed by atoms with van der Waals surface area (Å²) in [5.74, 6) is 6.61. The molecule has 0 aliphatic rings. The highest BCUT2D eigenvalue weighted by Crippen LogP contribution is 2.23. The molecule has 1 heterocycles. The van der Waals surface area contributed by atoms with Gasteiger partial charge in [-0.25, -0.2) is 10.8 Å². The zero-order valence-electron chi connectivity index (χ0n) is 9.92. The molecule has 0 atom stereocenters. The van der Waals surface area contributed by atoms with Crippen molar-refractivity contribution in [2.45, 2.75) is 13.5 Å². The zero-order valence-corrected chi connectivity index (χ0v) is 9.92. The van der Waals surface area contributed by atoms with Gasteiger partial charge in [-0.2, -0.15) is 4.98 Å².